The minimum atomic E-state index is -1.05. The fourth-order valence-corrected chi connectivity index (χ4v) is 4.98. The van der Waals surface area contributed by atoms with Gasteiger partial charge in [0, 0.05) is 23.7 Å². The number of halogens is 1. The summed E-state index contributed by atoms with van der Waals surface area (Å²) < 4.78 is 5.21. The molecule has 2 N–H and O–H groups in total. The molecule has 10 heteroatoms. The van der Waals surface area contributed by atoms with Crippen LogP contribution in [0.2, 0.25) is 5.02 Å². The van der Waals surface area contributed by atoms with Gasteiger partial charge in [-0.25, -0.2) is 9.79 Å². The van der Waals surface area contributed by atoms with Crippen LogP contribution in [0.25, 0.3) is 0 Å². The quantitative estimate of drug-likeness (QED) is 0.406. The minimum absolute atomic E-state index is 0.000881. The number of carboxylic acid groups (broad SMARTS) is 1. The van der Waals surface area contributed by atoms with Crippen LogP contribution in [0, 0.1) is 0 Å². The molecule has 1 unspecified atom stereocenters. The van der Waals surface area contributed by atoms with Gasteiger partial charge >= 0.3 is 5.97 Å². The van der Waals surface area contributed by atoms with E-state index in [4.69, 9.17) is 21.4 Å². The molecule has 0 radical (unpaired) electrons. The Morgan fingerprint density at radius 2 is 1.86 bits per heavy atom. The van der Waals surface area contributed by atoms with Crippen molar-refractivity contribution in [2.75, 3.05) is 19.0 Å². The lowest BCUT2D eigenvalue weighted by Crippen LogP contribution is -2.46. The number of aromatic carboxylic acids is 1. The second-order valence-corrected chi connectivity index (χ2v) is 9.81. The van der Waals surface area contributed by atoms with E-state index in [9.17, 15) is 14.4 Å². The van der Waals surface area contributed by atoms with Crippen LogP contribution in [0.3, 0.4) is 0 Å². The Bertz CT molecular complexity index is 1330. The number of hydrogen-bond donors (Lipinski definition) is 2. The topological polar surface area (TPSA) is 108 Å². The molecule has 1 atom stereocenters. The first-order valence-electron chi connectivity index (χ1n) is 11.4. The number of carboxylic acids is 1. The van der Waals surface area contributed by atoms with Crippen LogP contribution >= 0.6 is 23.4 Å². The van der Waals surface area contributed by atoms with Crippen LogP contribution in [0.1, 0.15) is 22.3 Å². The lowest BCUT2D eigenvalue weighted by atomic mass is 10.1. The number of amidine groups is 1. The predicted molar refractivity (Wildman–Crippen MR) is 145 cm³/mol. The first-order chi connectivity index (χ1) is 17.8. The molecule has 4 rings (SSSR count). The molecule has 0 bridgehead atoms. The van der Waals surface area contributed by atoms with Gasteiger partial charge in [0.15, 0.2) is 5.17 Å². The summed E-state index contributed by atoms with van der Waals surface area (Å²) in [6.07, 6.45) is 0.596. The average Bonchev–Trinajstić information content (AvgIpc) is 2.88. The van der Waals surface area contributed by atoms with Crippen molar-refractivity contribution in [3.05, 3.63) is 88.9 Å². The maximum atomic E-state index is 13.2. The van der Waals surface area contributed by atoms with Crippen LogP contribution in [0.5, 0.6) is 5.75 Å². The number of carbonyl (C=O) groups excluding carboxylic acids is 2. The molecule has 0 spiro atoms. The molecular weight excluding hydrogens is 514 g/mol. The van der Waals surface area contributed by atoms with Gasteiger partial charge in [0.05, 0.1) is 18.4 Å². The zero-order valence-corrected chi connectivity index (χ0v) is 21.5. The van der Waals surface area contributed by atoms with E-state index in [1.807, 2.05) is 24.3 Å². The molecule has 0 saturated carbocycles. The Balaban J connectivity index is 1.52. The summed E-state index contributed by atoms with van der Waals surface area (Å²) in [4.78, 5) is 43.6. The molecule has 3 aromatic carbocycles. The second kappa shape index (κ2) is 11.9. The van der Waals surface area contributed by atoms with Crippen LogP contribution in [-0.2, 0) is 16.0 Å². The van der Waals surface area contributed by atoms with Crippen molar-refractivity contribution in [3.63, 3.8) is 0 Å². The highest BCUT2D eigenvalue weighted by Gasteiger charge is 2.35. The predicted octanol–water partition coefficient (Wildman–Crippen LogP) is 5.25. The monoisotopic (exact) mass is 537 g/mol. The molecule has 2 amide bonds. The molecule has 37 heavy (non-hydrogen) atoms. The van der Waals surface area contributed by atoms with E-state index in [0.717, 1.165) is 11.3 Å². The number of anilines is 1. The molecular formula is C27H24ClN3O5S. The number of aliphatic imine (C=N–C) groups is 1. The van der Waals surface area contributed by atoms with Gasteiger partial charge < -0.3 is 15.2 Å². The van der Waals surface area contributed by atoms with Gasteiger partial charge in [0.25, 0.3) is 0 Å². The first kappa shape index (κ1) is 26.2. The van der Waals surface area contributed by atoms with Crippen molar-refractivity contribution in [3.8, 4) is 5.75 Å². The maximum absolute atomic E-state index is 13.2. The third-order valence-electron chi connectivity index (χ3n) is 5.65. The number of benzene rings is 3. The minimum Gasteiger partial charge on any atom is -0.497 e. The summed E-state index contributed by atoms with van der Waals surface area (Å²) >= 11 is 7.33. The Labute approximate surface area is 223 Å². The number of amides is 2. The molecule has 0 aromatic heterocycles. The number of thioether (sulfide) groups is 1. The molecule has 1 heterocycles. The van der Waals surface area contributed by atoms with Crippen molar-refractivity contribution in [1.29, 1.82) is 0 Å². The lowest BCUT2D eigenvalue weighted by Gasteiger charge is -2.32. The van der Waals surface area contributed by atoms with Gasteiger partial charge in [-0.1, -0.05) is 41.6 Å². The summed E-state index contributed by atoms with van der Waals surface area (Å²) in [5, 5.41) is 12.0. The number of ether oxygens (including phenoxy) is 1. The van der Waals surface area contributed by atoms with Crippen molar-refractivity contribution in [2.24, 2.45) is 4.99 Å². The molecule has 1 fully saturated rings. The van der Waals surface area contributed by atoms with Gasteiger partial charge in [-0.3, -0.25) is 14.5 Å². The van der Waals surface area contributed by atoms with Gasteiger partial charge in [-0.2, -0.15) is 0 Å². The molecule has 1 saturated heterocycles. The van der Waals surface area contributed by atoms with E-state index in [-0.39, 0.29) is 23.8 Å². The van der Waals surface area contributed by atoms with Crippen LogP contribution in [0.15, 0.2) is 77.8 Å². The Morgan fingerprint density at radius 1 is 1.14 bits per heavy atom. The highest BCUT2D eigenvalue weighted by atomic mass is 35.5. The van der Waals surface area contributed by atoms with E-state index in [0.29, 0.717) is 34.5 Å². The third-order valence-corrected chi connectivity index (χ3v) is 7.07. The number of nitrogens with one attached hydrogen (secondary N) is 1. The SMILES string of the molecule is COc1ccc(CCN2C(=O)CC(C(=O)Nc3ccc(C(=O)O)cc3)SC2=Nc2cccc(Cl)c2)cc1. The zero-order chi connectivity index (χ0) is 26.4. The third kappa shape index (κ3) is 6.90. The summed E-state index contributed by atoms with van der Waals surface area (Å²) in [7, 11) is 1.61. The largest absolute Gasteiger partial charge is 0.497 e. The van der Waals surface area contributed by atoms with Crippen LogP contribution < -0.4 is 10.1 Å². The standard InChI is InChI=1S/C27H24ClN3O5S/c1-36-22-11-5-17(6-12-22)13-14-31-24(32)16-23(37-27(31)30-21-4-2-3-19(28)15-21)25(33)29-20-9-7-18(8-10-20)26(34)35/h2-12,15,23H,13-14,16H2,1H3,(H,29,33)(H,34,35). The highest BCUT2D eigenvalue weighted by molar-refractivity contribution is 8.15. The van der Waals surface area contributed by atoms with Crippen molar-refractivity contribution >= 4 is 57.7 Å². The van der Waals surface area contributed by atoms with Gasteiger partial charge in [-0.05, 0) is 66.6 Å². The van der Waals surface area contributed by atoms with Gasteiger partial charge in [0.1, 0.15) is 11.0 Å². The second-order valence-electron chi connectivity index (χ2n) is 8.20. The van der Waals surface area contributed by atoms with E-state index < -0.39 is 11.2 Å². The van der Waals surface area contributed by atoms with Gasteiger partial charge in [-0.15, -0.1) is 0 Å². The van der Waals surface area contributed by atoms with Crippen LogP contribution in [-0.4, -0.2) is 51.9 Å². The van der Waals surface area contributed by atoms with Gasteiger partial charge in [0.2, 0.25) is 11.8 Å². The van der Waals surface area contributed by atoms with E-state index in [1.165, 1.54) is 36.0 Å². The number of methoxy groups -OCH3 is 1. The maximum Gasteiger partial charge on any atom is 0.335 e. The lowest BCUT2D eigenvalue weighted by molar-refractivity contribution is -0.129. The fourth-order valence-electron chi connectivity index (χ4n) is 3.67. The summed E-state index contributed by atoms with van der Waals surface area (Å²) in [5.74, 6) is -0.879. The smallest absolute Gasteiger partial charge is 0.335 e. The molecule has 0 aliphatic carbocycles. The average molecular weight is 538 g/mol. The number of carbonyl (C=O) groups is 3. The molecule has 190 valence electrons. The number of nitrogens with zero attached hydrogens (tertiary/aromatic N) is 2. The summed E-state index contributed by atoms with van der Waals surface area (Å²) in [6, 6.07) is 20.4. The highest BCUT2D eigenvalue weighted by Crippen LogP contribution is 2.31. The van der Waals surface area contributed by atoms with Crippen molar-refractivity contribution in [2.45, 2.75) is 18.1 Å². The van der Waals surface area contributed by atoms with Crippen molar-refractivity contribution in [1.82, 2.24) is 4.90 Å². The van der Waals surface area contributed by atoms with Crippen molar-refractivity contribution < 1.29 is 24.2 Å². The molecule has 8 nitrogen and oxygen atoms in total. The summed E-state index contributed by atoms with van der Waals surface area (Å²) in [5.41, 5.74) is 2.16. The molecule has 1 aliphatic rings. The zero-order valence-electron chi connectivity index (χ0n) is 19.9. The normalized spacial score (nSPS) is 16.5. The Morgan fingerprint density at radius 3 is 2.51 bits per heavy atom. The summed E-state index contributed by atoms with van der Waals surface area (Å²) in [6.45, 7) is 0.391. The molecule has 1 aliphatic heterocycles. The Hall–Kier alpha value is -3.82. The first-order valence-corrected chi connectivity index (χ1v) is 12.7. The van der Waals surface area contributed by atoms with E-state index in [2.05, 4.69) is 10.3 Å². The van der Waals surface area contributed by atoms with Crippen LogP contribution in [0.4, 0.5) is 11.4 Å². The van der Waals surface area contributed by atoms with E-state index >= 15 is 0 Å². The van der Waals surface area contributed by atoms with E-state index in [1.54, 1.807) is 36.3 Å². The number of rotatable bonds is 8. The fraction of sp³-hybridized carbons (Fsp3) is 0.185. The Kier molecular flexibility index (Phi) is 8.47. The number of hydrogen-bond acceptors (Lipinski definition) is 6. The molecule has 3 aromatic rings.